The highest BCUT2D eigenvalue weighted by molar-refractivity contribution is 6.31. The van der Waals surface area contributed by atoms with E-state index in [4.69, 9.17) is 17.3 Å². The second-order valence-electron chi connectivity index (χ2n) is 5.55. The van der Waals surface area contributed by atoms with Gasteiger partial charge in [0.25, 0.3) is 0 Å². The van der Waals surface area contributed by atoms with Gasteiger partial charge in [0.1, 0.15) is 0 Å². The first-order valence-corrected chi connectivity index (χ1v) is 7.53. The summed E-state index contributed by atoms with van der Waals surface area (Å²) in [6.07, 6.45) is 0.929. The van der Waals surface area contributed by atoms with Crippen molar-refractivity contribution in [1.29, 1.82) is 0 Å². The molecular formula is C18H22ClN. The zero-order chi connectivity index (χ0) is 14.5. The first-order chi connectivity index (χ1) is 9.61. The molecule has 0 aliphatic carbocycles. The van der Waals surface area contributed by atoms with Crippen LogP contribution in [-0.4, -0.2) is 6.54 Å². The fraction of sp³-hybridized carbons (Fsp3) is 0.333. The van der Waals surface area contributed by atoms with Gasteiger partial charge in [-0.05, 0) is 41.6 Å². The van der Waals surface area contributed by atoms with Crippen molar-refractivity contribution in [3.63, 3.8) is 0 Å². The molecule has 0 aromatic heterocycles. The number of benzene rings is 2. The smallest absolute Gasteiger partial charge is 0.0441 e. The highest BCUT2D eigenvalue weighted by atomic mass is 35.5. The van der Waals surface area contributed by atoms with Crippen LogP contribution in [0.5, 0.6) is 0 Å². The summed E-state index contributed by atoms with van der Waals surface area (Å²) < 4.78 is 0. The Morgan fingerprint density at radius 2 is 1.65 bits per heavy atom. The third-order valence-corrected chi connectivity index (χ3v) is 4.10. The van der Waals surface area contributed by atoms with Gasteiger partial charge in [0, 0.05) is 10.9 Å². The number of hydrogen-bond donors (Lipinski definition) is 1. The summed E-state index contributed by atoms with van der Waals surface area (Å²) >= 11 is 6.28. The summed E-state index contributed by atoms with van der Waals surface area (Å²) in [5.41, 5.74) is 9.77. The van der Waals surface area contributed by atoms with Gasteiger partial charge >= 0.3 is 0 Å². The first-order valence-electron chi connectivity index (χ1n) is 7.15. The lowest BCUT2D eigenvalue weighted by Crippen LogP contribution is -2.15. The highest BCUT2D eigenvalue weighted by Gasteiger charge is 2.13. The molecule has 1 nitrogen and oxygen atoms in total. The monoisotopic (exact) mass is 287 g/mol. The second-order valence-corrected chi connectivity index (χ2v) is 5.96. The Hall–Kier alpha value is -1.31. The lowest BCUT2D eigenvalue weighted by atomic mass is 9.91. The molecule has 0 bridgehead atoms. The number of hydrogen-bond acceptors (Lipinski definition) is 1. The van der Waals surface area contributed by atoms with Gasteiger partial charge in [-0.3, -0.25) is 0 Å². The van der Waals surface area contributed by atoms with Crippen molar-refractivity contribution in [2.24, 2.45) is 5.73 Å². The minimum Gasteiger partial charge on any atom is -0.330 e. The molecule has 2 heteroatoms. The van der Waals surface area contributed by atoms with Crippen LogP contribution in [0.2, 0.25) is 5.02 Å². The van der Waals surface area contributed by atoms with Crippen LogP contribution in [-0.2, 0) is 6.42 Å². The summed E-state index contributed by atoms with van der Waals surface area (Å²) in [4.78, 5) is 0. The van der Waals surface area contributed by atoms with E-state index in [0.717, 1.165) is 17.0 Å². The van der Waals surface area contributed by atoms with E-state index < -0.39 is 0 Å². The molecule has 0 aliphatic rings. The van der Waals surface area contributed by atoms with Crippen molar-refractivity contribution < 1.29 is 0 Å². The minimum absolute atomic E-state index is 0.272. The summed E-state index contributed by atoms with van der Waals surface area (Å²) in [7, 11) is 0. The predicted octanol–water partition coefficient (Wildman–Crippen LogP) is 4.75. The molecule has 0 heterocycles. The Labute approximate surface area is 126 Å². The van der Waals surface area contributed by atoms with Crippen molar-refractivity contribution in [3.05, 3.63) is 70.2 Å². The molecule has 106 valence electrons. The van der Waals surface area contributed by atoms with Gasteiger partial charge < -0.3 is 5.73 Å². The van der Waals surface area contributed by atoms with Gasteiger partial charge in [-0.15, -0.1) is 0 Å². The van der Waals surface area contributed by atoms with Crippen LogP contribution in [0, 0.1) is 0 Å². The quantitative estimate of drug-likeness (QED) is 0.844. The highest BCUT2D eigenvalue weighted by Crippen LogP contribution is 2.27. The van der Waals surface area contributed by atoms with E-state index in [1.54, 1.807) is 0 Å². The van der Waals surface area contributed by atoms with E-state index >= 15 is 0 Å². The maximum Gasteiger partial charge on any atom is 0.0441 e. The SMILES string of the molecule is CC(C)c1ccc(CC(CN)c2ccccc2Cl)cc1. The molecule has 2 rings (SSSR count). The molecule has 0 aliphatic heterocycles. The van der Waals surface area contributed by atoms with Gasteiger partial charge in [0.15, 0.2) is 0 Å². The van der Waals surface area contributed by atoms with E-state index in [1.807, 2.05) is 18.2 Å². The van der Waals surface area contributed by atoms with Crippen LogP contribution in [0.3, 0.4) is 0 Å². The fourth-order valence-electron chi connectivity index (χ4n) is 2.45. The van der Waals surface area contributed by atoms with Crippen LogP contribution in [0.4, 0.5) is 0 Å². The molecule has 2 aromatic carbocycles. The van der Waals surface area contributed by atoms with Crippen molar-refractivity contribution in [2.75, 3.05) is 6.54 Å². The molecule has 0 amide bonds. The summed E-state index contributed by atoms with van der Waals surface area (Å²) in [6, 6.07) is 16.8. The molecular weight excluding hydrogens is 266 g/mol. The normalized spacial score (nSPS) is 12.7. The molecule has 0 spiro atoms. The first kappa shape index (κ1) is 15.1. The standard InChI is InChI=1S/C18H22ClN/c1-13(2)15-9-7-14(8-10-15)11-16(12-20)17-5-3-4-6-18(17)19/h3-10,13,16H,11-12,20H2,1-2H3. The molecule has 2 aromatic rings. The van der Waals surface area contributed by atoms with Crippen LogP contribution < -0.4 is 5.73 Å². The molecule has 0 fully saturated rings. The summed E-state index contributed by atoms with van der Waals surface area (Å²) in [6.45, 7) is 5.03. The van der Waals surface area contributed by atoms with Crippen LogP contribution in [0.25, 0.3) is 0 Å². The van der Waals surface area contributed by atoms with Crippen LogP contribution >= 0.6 is 11.6 Å². The topological polar surface area (TPSA) is 26.0 Å². The number of nitrogens with two attached hydrogens (primary N) is 1. The van der Waals surface area contributed by atoms with Crippen molar-refractivity contribution in [1.82, 2.24) is 0 Å². The van der Waals surface area contributed by atoms with E-state index in [-0.39, 0.29) is 5.92 Å². The third kappa shape index (κ3) is 3.62. The summed E-state index contributed by atoms with van der Waals surface area (Å²) in [5.74, 6) is 0.839. The number of rotatable bonds is 5. The largest absolute Gasteiger partial charge is 0.330 e. The fourth-order valence-corrected chi connectivity index (χ4v) is 2.74. The van der Waals surface area contributed by atoms with Crippen molar-refractivity contribution in [3.8, 4) is 0 Å². The molecule has 2 N–H and O–H groups in total. The van der Waals surface area contributed by atoms with Gasteiger partial charge in [-0.1, -0.05) is 67.9 Å². The van der Waals surface area contributed by atoms with E-state index in [9.17, 15) is 0 Å². The molecule has 0 saturated carbocycles. The maximum atomic E-state index is 6.28. The Kier molecular flexibility index (Phi) is 5.22. The van der Waals surface area contributed by atoms with Gasteiger partial charge in [-0.25, -0.2) is 0 Å². The molecule has 20 heavy (non-hydrogen) atoms. The Morgan fingerprint density at radius 3 is 2.20 bits per heavy atom. The van der Waals surface area contributed by atoms with Crippen molar-refractivity contribution in [2.45, 2.75) is 32.1 Å². The Bertz CT molecular complexity index is 546. The lowest BCUT2D eigenvalue weighted by molar-refractivity contribution is 0.694. The van der Waals surface area contributed by atoms with E-state index in [0.29, 0.717) is 12.5 Å². The predicted molar refractivity (Wildman–Crippen MR) is 87.5 cm³/mol. The lowest BCUT2D eigenvalue weighted by Gasteiger charge is -2.17. The zero-order valence-electron chi connectivity index (χ0n) is 12.1. The summed E-state index contributed by atoms with van der Waals surface area (Å²) in [5, 5.41) is 0.807. The molecule has 1 atom stereocenters. The Balaban J connectivity index is 2.16. The zero-order valence-corrected chi connectivity index (χ0v) is 12.9. The molecule has 1 unspecified atom stereocenters. The van der Waals surface area contributed by atoms with E-state index in [1.165, 1.54) is 11.1 Å². The second kappa shape index (κ2) is 6.92. The van der Waals surface area contributed by atoms with Gasteiger partial charge in [-0.2, -0.15) is 0 Å². The van der Waals surface area contributed by atoms with Gasteiger partial charge in [0.05, 0.1) is 0 Å². The molecule has 0 radical (unpaired) electrons. The van der Waals surface area contributed by atoms with Gasteiger partial charge in [0.2, 0.25) is 0 Å². The van der Waals surface area contributed by atoms with Crippen LogP contribution in [0.15, 0.2) is 48.5 Å². The average molecular weight is 288 g/mol. The van der Waals surface area contributed by atoms with E-state index in [2.05, 4.69) is 44.2 Å². The minimum atomic E-state index is 0.272. The molecule has 0 saturated heterocycles. The number of halogens is 1. The van der Waals surface area contributed by atoms with Crippen LogP contribution in [0.1, 0.15) is 42.4 Å². The van der Waals surface area contributed by atoms with Crippen molar-refractivity contribution >= 4 is 11.6 Å². The maximum absolute atomic E-state index is 6.28. The Morgan fingerprint density at radius 1 is 1.00 bits per heavy atom. The third-order valence-electron chi connectivity index (χ3n) is 3.76. The average Bonchev–Trinajstić information content (AvgIpc) is 2.46.